The second-order valence-corrected chi connectivity index (χ2v) is 9.22. The molecule has 1 N–H and O–H groups in total. The second-order valence-electron chi connectivity index (χ2n) is 9.22. The van der Waals surface area contributed by atoms with Gasteiger partial charge in [0, 0.05) is 50.9 Å². The fourth-order valence-electron chi connectivity index (χ4n) is 4.73. The fourth-order valence-corrected chi connectivity index (χ4v) is 4.73. The van der Waals surface area contributed by atoms with E-state index in [0.29, 0.717) is 18.9 Å². The first-order chi connectivity index (χ1) is 17.2. The first-order valence-corrected chi connectivity index (χ1v) is 12.4. The number of amides is 2. The van der Waals surface area contributed by atoms with Crippen molar-refractivity contribution >= 4 is 17.6 Å². The number of hydrogen-bond donors (Lipinski definition) is 1. The molecular formula is C27H32N6O2. The average molecular weight is 473 g/mol. The summed E-state index contributed by atoms with van der Waals surface area (Å²) in [6.07, 6.45) is 2.23. The third-order valence-electron chi connectivity index (χ3n) is 6.70. The molecule has 182 valence electrons. The number of rotatable bonds is 7. The summed E-state index contributed by atoms with van der Waals surface area (Å²) in [6, 6.07) is 21.7. The highest BCUT2D eigenvalue weighted by Crippen LogP contribution is 2.24. The van der Waals surface area contributed by atoms with E-state index in [4.69, 9.17) is 5.10 Å². The maximum atomic E-state index is 13.0. The summed E-state index contributed by atoms with van der Waals surface area (Å²) in [5.74, 6) is 0.815. The number of nitrogens with one attached hydrogen (secondary N) is 1. The molecule has 0 radical (unpaired) electrons. The molecule has 0 bridgehead atoms. The van der Waals surface area contributed by atoms with Crippen molar-refractivity contribution in [3.8, 4) is 16.9 Å². The first-order valence-electron chi connectivity index (χ1n) is 12.4. The number of benzene rings is 2. The van der Waals surface area contributed by atoms with Gasteiger partial charge in [-0.25, -0.2) is 4.68 Å². The van der Waals surface area contributed by atoms with Crippen LogP contribution in [0.1, 0.15) is 12.8 Å². The molecule has 3 aromatic rings. The van der Waals surface area contributed by atoms with Crippen molar-refractivity contribution in [1.82, 2.24) is 24.5 Å². The van der Waals surface area contributed by atoms with Crippen molar-refractivity contribution in [1.29, 1.82) is 0 Å². The predicted molar refractivity (Wildman–Crippen MR) is 136 cm³/mol. The number of hydrogen-bond acceptors (Lipinski definition) is 5. The van der Waals surface area contributed by atoms with Crippen LogP contribution < -0.4 is 5.32 Å². The molecule has 8 heteroatoms. The molecule has 3 heterocycles. The molecule has 2 aliphatic rings. The van der Waals surface area contributed by atoms with Gasteiger partial charge in [-0.2, -0.15) is 5.10 Å². The molecule has 2 fully saturated rings. The van der Waals surface area contributed by atoms with Gasteiger partial charge in [0.15, 0.2) is 0 Å². The fraction of sp³-hybridized carbons (Fsp3) is 0.370. The summed E-state index contributed by atoms with van der Waals surface area (Å²) in [5, 5.41) is 7.84. The molecule has 0 spiro atoms. The highest BCUT2D eigenvalue weighted by molar-refractivity contribution is 5.92. The van der Waals surface area contributed by atoms with Crippen LogP contribution in [0.4, 0.5) is 5.82 Å². The Morgan fingerprint density at radius 3 is 2.03 bits per heavy atom. The van der Waals surface area contributed by atoms with Gasteiger partial charge in [-0.15, -0.1) is 0 Å². The van der Waals surface area contributed by atoms with E-state index in [1.54, 1.807) is 4.68 Å². The monoisotopic (exact) mass is 472 g/mol. The Bertz CT molecular complexity index is 1130. The normalized spacial score (nSPS) is 17.0. The number of carbonyl (C=O) groups excluding carboxylic acids is 2. The van der Waals surface area contributed by atoms with Crippen LogP contribution in [0.3, 0.4) is 0 Å². The largest absolute Gasteiger partial charge is 0.342 e. The molecule has 2 amide bonds. The SMILES string of the molecule is O=C(CN1CCN(CC(=O)N2CCCC2)CC1)Nc1cc(-c2ccccc2)nn1-c1ccccc1. The lowest BCUT2D eigenvalue weighted by Gasteiger charge is -2.34. The van der Waals surface area contributed by atoms with Crippen molar-refractivity contribution in [2.24, 2.45) is 0 Å². The van der Waals surface area contributed by atoms with E-state index in [-0.39, 0.29) is 11.8 Å². The van der Waals surface area contributed by atoms with Crippen LogP contribution in [0.5, 0.6) is 0 Å². The predicted octanol–water partition coefficient (Wildman–Crippen LogP) is 2.72. The minimum Gasteiger partial charge on any atom is -0.342 e. The van der Waals surface area contributed by atoms with Gasteiger partial charge in [0.1, 0.15) is 5.82 Å². The molecule has 2 aliphatic heterocycles. The van der Waals surface area contributed by atoms with Crippen molar-refractivity contribution in [3.63, 3.8) is 0 Å². The highest BCUT2D eigenvalue weighted by atomic mass is 16.2. The van der Waals surface area contributed by atoms with Gasteiger partial charge in [0.05, 0.1) is 24.5 Å². The summed E-state index contributed by atoms with van der Waals surface area (Å²) in [5.41, 5.74) is 2.69. The Morgan fingerprint density at radius 2 is 1.37 bits per heavy atom. The lowest BCUT2D eigenvalue weighted by molar-refractivity contribution is -0.132. The minimum absolute atomic E-state index is 0.0664. The molecule has 0 aliphatic carbocycles. The maximum absolute atomic E-state index is 13.0. The van der Waals surface area contributed by atoms with Crippen LogP contribution in [-0.4, -0.2) is 88.7 Å². The van der Waals surface area contributed by atoms with Crippen LogP contribution in [0.25, 0.3) is 16.9 Å². The third kappa shape index (κ3) is 5.78. The Kier molecular flexibility index (Phi) is 7.20. The summed E-state index contributed by atoms with van der Waals surface area (Å²) in [7, 11) is 0. The van der Waals surface area contributed by atoms with Gasteiger partial charge >= 0.3 is 0 Å². The van der Waals surface area contributed by atoms with Gasteiger partial charge in [0.2, 0.25) is 11.8 Å². The number of para-hydroxylation sites is 1. The number of piperazine rings is 1. The molecule has 0 unspecified atom stereocenters. The Balaban J connectivity index is 1.20. The molecule has 35 heavy (non-hydrogen) atoms. The van der Waals surface area contributed by atoms with Crippen molar-refractivity contribution in [2.75, 3.05) is 57.7 Å². The van der Waals surface area contributed by atoms with E-state index < -0.39 is 0 Å². The quantitative estimate of drug-likeness (QED) is 0.573. The van der Waals surface area contributed by atoms with Gasteiger partial charge < -0.3 is 10.2 Å². The summed E-state index contributed by atoms with van der Waals surface area (Å²) in [4.78, 5) is 31.7. The molecule has 5 rings (SSSR count). The van der Waals surface area contributed by atoms with E-state index in [0.717, 1.165) is 69.1 Å². The van der Waals surface area contributed by atoms with Gasteiger partial charge in [-0.1, -0.05) is 48.5 Å². The van der Waals surface area contributed by atoms with Crippen LogP contribution in [-0.2, 0) is 9.59 Å². The smallest absolute Gasteiger partial charge is 0.239 e. The van der Waals surface area contributed by atoms with Crippen LogP contribution in [0.2, 0.25) is 0 Å². The van der Waals surface area contributed by atoms with Crippen molar-refractivity contribution < 1.29 is 9.59 Å². The lowest BCUT2D eigenvalue weighted by atomic mass is 10.1. The van der Waals surface area contributed by atoms with Crippen molar-refractivity contribution in [2.45, 2.75) is 12.8 Å². The minimum atomic E-state index is -0.0664. The number of likely N-dealkylation sites (tertiary alicyclic amines) is 1. The van der Waals surface area contributed by atoms with Crippen molar-refractivity contribution in [3.05, 3.63) is 66.7 Å². The number of anilines is 1. The van der Waals surface area contributed by atoms with Crippen LogP contribution >= 0.6 is 0 Å². The van der Waals surface area contributed by atoms with Crippen LogP contribution in [0, 0.1) is 0 Å². The maximum Gasteiger partial charge on any atom is 0.239 e. The molecule has 0 atom stereocenters. The molecule has 8 nitrogen and oxygen atoms in total. The molecule has 0 saturated carbocycles. The van der Waals surface area contributed by atoms with Gasteiger partial charge in [0.25, 0.3) is 0 Å². The van der Waals surface area contributed by atoms with Gasteiger partial charge in [-0.3, -0.25) is 19.4 Å². The lowest BCUT2D eigenvalue weighted by Crippen LogP contribution is -2.51. The standard InChI is InChI=1S/C27H32N6O2/c34-26(20-30-15-17-31(18-16-30)21-27(35)32-13-7-8-14-32)28-25-19-24(22-9-3-1-4-10-22)29-33(25)23-11-5-2-6-12-23/h1-6,9-12,19H,7-8,13-18,20-21H2,(H,28,34). The first kappa shape index (κ1) is 23.3. The van der Waals surface area contributed by atoms with E-state index in [2.05, 4.69) is 15.1 Å². The summed E-state index contributed by atoms with van der Waals surface area (Å²) in [6.45, 7) is 5.73. The topological polar surface area (TPSA) is 73.7 Å². The molecule has 2 saturated heterocycles. The highest BCUT2D eigenvalue weighted by Gasteiger charge is 2.24. The van der Waals surface area contributed by atoms with Crippen LogP contribution in [0.15, 0.2) is 66.7 Å². The number of carbonyl (C=O) groups is 2. The Hall–Kier alpha value is -3.49. The Labute approximate surface area is 206 Å². The van der Waals surface area contributed by atoms with E-state index in [1.807, 2.05) is 71.6 Å². The Morgan fingerprint density at radius 1 is 0.771 bits per heavy atom. The molecule has 2 aromatic carbocycles. The zero-order valence-corrected chi connectivity index (χ0v) is 20.0. The number of nitrogens with zero attached hydrogens (tertiary/aromatic N) is 5. The van der Waals surface area contributed by atoms with E-state index >= 15 is 0 Å². The summed E-state index contributed by atoms with van der Waals surface area (Å²) >= 11 is 0. The zero-order valence-electron chi connectivity index (χ0n) is 20.0. The van der Waals surface area contributed by atoms with Gasteiger partial charge in [-0.05, 0) is 25.0 Å². The third-order valence-corrected chi connectivity index (χ3v) is 6.70. The van der Waals surface area contributed by atoms with E-state index in [1.165, 1.54) is 0 Å². The zero-order chi connectivity index (χ0) is 24.0. The second kappa shape index (κ2) is 10.8. The molecular weight excluding hydrogens is 440 g/mol. The van der Waals surface area contributed by atoms with E-state index in [9.17, 15) is 9.59 Å². The average Bonchev–Trinajstić information content (AvgIpc) is 3.57. The number of aromatic nitrogens is 2. The molecule has 1 aromatic heterocycles. The summed E-state index contributed by atoms with van der Waals surface area (Å²) < 4.78 is 1.78.